The Bertz CT molecular complexity index is 765. The number of carbonyl (C=O) groups is 1. The highest BCUT2D eigenvalue weighted by atomic mass is 19.1. The molecule has 0 atom stereocenters. The quantitative estimate of drug-likeness (QED) is 0.853. The van der Waals surface area contributed by atoms with Gasteiger partial charge in [-0.2, -0.15) is 0 Å². The lowest BCUT2D eigenvalue weighted by atomic mass is 9.80. The first-order valence-electron chi connectivity index (χ1n) is 10.2. The topological polar surface area (TPSA) is 75.9 Å². The van der Waals surface area contributed by atoms with Gasteiger partial charge in [0.2, 0.25) is 5.91 Å². The van der Waals surface area contributed by atoms with E-state index in [4.69, 9.17) is 0 Å². The van der Waals surface area contributed by atoms with Crippen molar-refractivity contribution in [3.63, 3.8) is 0 Å². The number of carbonyl (C=O) groups excluding carboxylic acids is 1. The van der Waals surface area contributed by atoms with E-state index in [9.17, 15) is 9.18 Å². The van der Waals surface area contributed by atoms with Crippen molar-refractivity contribution in [3.8, 4) is 0 Å². The molecule has 0 spiro atoms. The largest absolute Gasteiger partial charge is 0.351 e. The minimum absolute atomic E-state index is 0.0523. The molecule has 0 radical (unpaired) electrons. The number of piperidine rings is 1. The zero-order valence-corrected chi connectivity index (χ0v) is 16.1. The van der Waals surface area contributed by atoms with Crippen molar-refractivity contribution in [2.75, 3.05) is 13.1 Å². The maximum absolute atomic E-state index is 13.2. The van der Waals surface area contributed by atoms with Gasteiger partial charge in [-0.1, -0.05) is 31.4 Å². The van der Waals surface area contributed by atoms with Crippen LogP contribution in [0.3, 0.4) is 0 Å². The lowest BCUT2D eigenvalue weighted by Crippen LogP contribution is -2.54. The van der Waals surface area contributed by atoms with Gasteiger partial charge in [0.25, 0.3) is 0 Å². The summed E-state index contributed by atoms with van der Waals surface area (Å²) in [6, 6.07) is 6.85. The molecule has 2 heterocycles. The summed E-state index contributed by atoms with van der Waals surface area (Å²) in [4.78, 5) is 15.6. The molecular formula is C20H27FN6O. The summed E-state index contributed by atoms with van der Waals surface area (Å²) in [5.41, 5.74) is 0.469. The number of aromatic nitrogens is 4. The highest BCUT2D eigenvalue weighted by Gasteiger charge is 2.43. The number of hydrogen-bond donors (Lipinski definition) is 1. The van der Waals surface area contributed by atoms with E-state index in [2.05, 4.69) is 25.7 Å². The van der Waals surface area contributed by atoms with E-state index in [1.807, 2.05) is 12.1 Å². The van der Waals surface area contributed by atoms with Crippen molar-refractivity contribution >= 4 is 5.91 Å². The highest BCUT2D eigenvalue weighted by molar-refractivity contribution is 5.84. The number of rotatable bonds is 5. The molecule has 1 saturated heterocycles. The molecule has 1 aliphatic heterocycles. The van der Waals surface area contributed by atoms with Gasteiger partial charge in [-0.15, -0.1) is 5.10 Å². The summed E-state index contributed by atoms with van der Waals surface area (Å²) in [7, 11) is 0. The Kier molecular flexibility index (Phi) is 5.66. The van der Waals surface area contributed by atoms with Crippen LogP contribution in [0.1, 0.15) is 50.5 Å². The third kappa shape index (κ3) is 4.06. The molecule has 0 bridgehead atoms. The van der Waals surface area contributed by atoms with Gasteiger partial charge in [0.15, 0.2) is 0 Å². The molecule has 1 aromatic heterocycles. The average Bonchev–Trinajstić information content (AvgIpc) is 3.27. The first kappa shape index (κ1) is 19.0. The third-order valence-electron chi connectivity index (χ3n) is 6.13. The van der Waals surface area contributed by atoms with Gasteiger partial charge >= 0.3 is 0 Å². The Hall–Kier alpha value is -2.35. The van der Waals surface area contributed by atoms with Crippen LogP contribution in [0.25, 0.3) is 0 Å². The summed E-state index contributed by atoms with van der Waals surface area (Å²) < 4.78 is 14.7. The number of halogens is 1. The summed E-state index contributed by atoms with van der Waals surface area (Å²) in [6.07, 6.45) is 8.15. The van der Waals surface area contributed by atoms with Crippen molar-refractivity contribution in [2.24, 2.45) is 0 Å². The Morgan fingerprint density at radius 3 is 2.50 bits per heavy atom. The monoisotopic (exact) mass is 386 g/mol. The highest BCUT2D eigenvalue weighted by Crippen LogP contribution is 2.34. The molecule has 8 heteroatoms. The van der Waals surface area contributed by atoms with E-state index in [0.717, 1.165) is 70.1 Å². The van der Waals surface area contributed by atoms with E-state index < -0.39 is 5.54 Å². The fourth-order valence-corrected chi connectivity index (χ4v) is 4.46. The number of amides is 1. The Balaban J connectivity index is 1.33. The predicted molar refractivity (Wildman–Crippen MR) is 102 cm³/mol. The summed E-state index contributed by atoms with van der Waals surface area (Å²) in [5, 5.41) is 14.8. The van der Waals surface area contributed by atoms with Crippen molar-refractivity contribution in [2.45, 2.75) is 63.1 Å². The molecule has 7 nitrogen and oxygen atoms in total. The van der Waals surface area contributed by atoms with Crippen LogP contribution in [-0.2, 0) is 16.9 Å². The molecule has 1 amide bonds. The van der Waals surface area contributed by atoms with Gasteiger partial charge in [-0.05, 0) is 53.8 Å². The molecule has 1 saturated carbocycles. The predicted octanol–water partition coefficient (Wildman–Crippen LogP) is 2.25. The zero-order valence-electron chi connectivity index (χ0n) is 16.1. The number of nitrogens with zero attached hydrogens (tertiary/aromatic N) is 5. The van der Waals surface area contributed by atoms with Gasteiger partial charge in [-0.3, -0.25) is 9.69 Å². The van der Waals surface area contributed by atoms with E-state index in [0.29, 0.717) is 0 Å². The van der Waals surface area contributed by atoms with E-state index in [1.54, 1.807) is 11.0 Å². The molecule has 28 heavy (non-hydrogen) atoms. The lowest BCUT2D eigenvalue weighted by Gasteiger charge is -2.38. The molecular weight excluding hydrogens is 359 g/mol. The van der Waals surface area contributed by atoms with Crippen LogP contribution in [0.15, 0.2) is 30.6 Å². The Morgan fingerprint density at radius 2 is 1.86 bits per heavy atom. The van der Waals surface area contributed by atoms with Crippen LogP contribution in [0, 0.1) is 5.82 Å². The van der Waals surface area contributed by atoms with Gasteiger partial charge in [0.05, 0.1) is 0 Å². The van der Waals surface area contributed by atoms with Gasteiger partial charge in [0, 0.05) is 25.7 Å². The minimum Gasteiger partial charge on any atom is -0.351 e. The zero-order chi connectivity index (χ0) is 19.4. The van der Waals surface area contributed by atoms with Crippen LogP contribution in [0.5, 0.6) is 0 Å². The van der Waals surface area contributed by atoms with Crippen LogP contribution in [0.2, 0.25) is 0 Å². The smallest absolute Gasteiger partial charge is 0.248 e. The van der Waals surface area contributed by atoms with Crippen molar-refractivity contribution in [3.05, 3.63) is 42.0 Å². The molecule has 2 aliphatic rings. The molecule has 2 fully saturated rings. The van der Waals surface area contributed by atoms with Crippen LogP contribution >= 0.6 is 0 Å². The first-order chi connectivity index (χ1) is 13.7. The number of likely N-dealkylation sites (tertiary alicyclic amines) is 1. The van der Waals surface area contributed by atoms with Crippen LogP contribution in [0.4, 0.5) is 4.39 Å². The molecule has 2 aromatic rings. The number of nitrogens with one attached hydrogen (secondary N) is 1. The summed E-state index contributed by atoms with van der Waals surface area (Å²) in [5.74, 6) is -0.152. The second kappa shape index (κ2) is 8.34. The maximum atomic E-state index is 13.2. The maximum Gasteiger partial charge on any atom is 0.248 e. The molecule has 4 rings (SSSR count). The van der Waals surface area contributed by atoms with E-state index in [-0.39, 0.29) is 17.8 Å². The fraction of sp³-hybridized carbons (Fsp3) is 0.600. The van der Waals surface area contributed by atoms with Crippen molar-refractivity contribution in [1.82, 2.24) is 30.4 Å². The lowest BCUT2D eigenvalue weighted by molar-refractivity contribution is -0.133. The molecule has 1 aromatic carbocycles. The van der Waals surface area contributed by atoms with E-state index in [1.165, 1.54) is 12.1 Å². The van der Waals surface area contributed by atoms with Crippen LogP contribution < -0.4 is 5.32 Å². The van der Waals surface area contributed by atoms with Crippen LogP contribution in [-0.4, -0.2) is 50.1 Å². The summed E-state index contributed by atoms with van der Waals surface area (Å²) in [6.45, 7) is 2.65. The second-order valence-electron chi connectivity index (χ2n) is 8.00. The number of hydrogen-bond acceptors (Lipinski definition) is 5. The Labute approximate surface area is 164 Å². The van der Waals surface area contributed by atoms with Crippen molar-refractivity contribution in [1.29, 1.82) is 0 Å². The van der Waals surface area contributed by atoms with Crippen molar-refractivity contribution < 1.29 is 9.18 Å². The number of tetrazole rings is 1. The molecule has 1 N–H and O–H groups in total. The normalized spacial score (nSPS) is 20.8. The SMILES string of the molecule is O=C(NC1CCN(Cc2ccc(F)cc2)CC1)C1(n2cnnn2)CCCCC1. The van der Waals surface area contributed by atoms with Gasteiger partial charge in [0.1, 0.15) is 17.7 Å². The second-order valence-corrected chi connectivity index (χ2v) is 8.00. The Morgan fingerprint density at radius 1 is 1.14 bits per heavy atom. The summed E-state index contributed by atoms with van der Waals surface area (Å²) >= 11 is 0. The standard InChI is InChI=1S/C20H27FN6O/c21-17-6-4-16(5-7-17)14-26-12-8-18(9-13-26)23-19(28)20(10-2-1-3-11-20)27-15-22-24-25-27/h4-7,15,18H,1-3,8-14H2,(H,23,28). The molecule has 0 unspecified atom stereocenters. The van der Waals surface area contributed by atoms with E-state index >= 15 is 0 Å². The van der Waals surface area contributed by atoms with Gasteiger partial charge in [-0.25, -0.2) is 9.07 Å². The molecule has 1 aliphatic carbocycles. The molecule has 150 valence electrons. The fourth-order valence-electron chi connectivity index (χ4n) is 4.46. The third-order valence-corrected chi connectivity index (χ3v) is 6.13. The number of benzene rings is 1. The van der Waals surface area contributed by atoms with Gasteiger partial charge < -0.3 is 5.32 Å². The first-order valence-corrected chi connectivity index (χ1v) is 10.2. The minimum atomic E-state index is -0.646. The average molecular weight is 386 g/mol.